The Hall–Kier alpha value is -1.36. The zero-order valence-electron chi connectivity index (χ0n) is 9.33. The Morgan fingerprint density at radius 2 is 1.87 bits per heavy atom. The molecule has 82 valence electrons. The zero-order valence-corrected chi connectivity index (χ0v) is 9.33. The molecule has 5 nitrogen and oxygen atoms in total. The average molecular weight is 210 g/mol. The maximum absolute atomic E-state index is 11.7. The van der Waals surface area contributed by atoms with E-state index in [4.69, 9.17) is 4.74 Å². The summed E-state index contributed by atoms with van der Waals surface area (Å²) in [6, 6.07) is 0. The van der Waals surface area contributed by atoms with E-state index in [1.807, 2.05) is 6.92 Å². The highest BCUT2D eigenvalue weighted by Gasteiger charge is 2.43. The summed E-state index contributed by atoms with van der Waals surface area (Å²) in [6.45, 7) is 1.88. The molecule has 0 spiro atoms. The van der Waals surface area contributed by atoms with Gasteiger partial charge in [0.1, 0.15) is 5.60 Å². The van der Waals surface area contributed by atoms with Gasteiger partial charge in [0.25, 0.3) is 5.56 Å². The first kappa shape index (κ1) is 10.2. The van der Waals surface area contributed by atoms with Crippen LogP contribution in [-0.4, -0.2) is 16.2 Å². The molecule has 1 aliphatic rings. The van der Waals surface area contributed by atoms with Gasteiger partial charge in [-0.3, -0.25) is 13.9 Å². The molecule has 0 amide bonds. The van der Waals surface area contributed by atoms with E-state index in [9.17, 15) is 9.59 Å². The fourth-order valence-electron chi connectivity index (χ4n) is 2.23. The molecule has 1 heterocycles. The smallest absolute Gasteiger partial charge is 0.330 e. The van der Waals surface area contributed by atoms with Crippen molar-refractivity contribution in [2.75, 3.05) is 7.11 Å². The number of methoxy groups -OCH3 is 1. The van der Waals surface area contributed by atoms with Gasteiger partial charge in [0.05, 0.1) is 5.69 Å². The van der Waals surface area contributed by atoms with E-state index in [0.717, 1.165) is 4.57 Å². The molecule has 0 N–H and O–H groups in total. The van der Waals surface area contributed by atoms with Crippen LogP contribution in [-0.2, 0) is 30.9 Å². The third-order valence-corrected chi connectivity index (χ3v) is 3.22. The van der Waals surface area contributed by atoms with Gasteiger partial charge in [0.15, 0.2) is 0 Å². The Morgan fingerprint density at radius 3 is 2.40 bits per heavy atom. The van der Waals surface area contributed by atoms with E-state index in [-0.39, 0.29) is 11.2 Å². The monoisotopic (exact) mass is 210 g/mol. The number of aromatic nitrogens is 2. The number of hydrogen-bond acceptors (Lipinski definition) is 3. The Balaban J connectivity index is 2.83. The molecular weight excluding hydrogens is 196 g/mol. The molecule has 0 saturated carbocycles. The summed E-state index contributed by atoms with van der Waals surface area (Å²) in [5.74, 6) is 0. The topological polar surface area (TPSA) is 53.2 Å². The van der Waals surface area contributed by atoms with Gasteiger partial charge in [-0.2, -0.15) is 0 Å². The van der Waals surface area contributed by atoms with Crippen molar-refractivity contribution >= 4 is 0 Å². The van der Waals surface area contributed by atoms with Crippen molar-refractivity contribution in [2.24, 2.45) is 14.1 Å². The second kappa shape index (κ2) is 2.82. The van der Waals surface area contributed by atoms with E-state index in [1.54, 1.807) is 14.2 Å². The molecule has 0 fully saturated rings. The van der Waals surface area contributed by atoms with Crippen LogP contribution in [0.25, 0.3) is 0 Å². The number of rotatable bonds is 1. The molecule has 0 aromatic carbocycles. The maximum Gasteiger partial charge on any atom is 0.330 e. The van der Waals surface area contributed by atoms with Gasteiger partial charge >= 0.3 is 5.69 Å². The van der Waals surface area contributed by atoms with Gasteiger partial charge in [-0.15, -0.1) is 0 Å². The Morgan fingerprint density at radius 1 is 1.27 bits per heavy atom. The summed E-state index contributed by atoms with van der Waals surface area (Å²) >= 11 is 0. The summed E-state index contributed by atoms with van der Waals surface area (Å²) in [7, 11) is 4.75. The molecule has 5 heteroatoms. The summed E-state index contributed by atoms with van der Waals surface area (Å²) in [5, 5.41) is 0. The molecule has 1 aliphatic carbocycles. The third-order valence-electron chi connectivity index (χ3n) is 3.22. The molecule has 1 atom stereocenters. The van der Waals surface area contributed by atoms with Crippen LogP contribution in [0.4, 0.5) is 0 Å². The molecule has 1 aromatic rings. The second-order valence-corrected chi connectivity index (χ2v) is 4.14. The molecule has 0 saturated heterocycles. The second-order valence-electron chi connectivity index (χ2n) is 4.14. The lowest BCUT2D eigenvalue weighted by Crippen LogP contribution is -2.53. The van der Waals surface area contributed by atoms with Gasteiger partial charge in [-0.1, -0.05) is 0 Å². The van der Waals surface area contributed by atoms with Crippen molar-refractivity contribution in [1.29, 1.82) is 0 Å². The third kappa shape index (κ3) is 1.07. The van der Waals surface area contributed by atoms with Gasteiger partial charge in [-0.05, 0) is 6.92 Å². The Labute approximate surface area is 86.9 Å². The van der Waals surface area contributed by atoms with Crippen LogP contribution in [0, 0.1) is 0 Å². The lowest BCUT2D eigenvalue weighted by atomic mass is 9.79. The number of hydrogen-bond donors (Lipinski definition) is 0. The van der Waals surface area contributed by atoms with Crippen LogP contribution in [0.15, 0.2) is 9.59 Å². The van der Waals surface area contributed by atoms with Gasteiger partial charge < -0.3 is 4.74 Å². The molecule has 1 unspecified atom stereocenters. The van der Waals surface area contributed by atoms with Gasteiger partial charge in [0.2, 0.25) is 0 Å². The van der Waals surface area contributed by atoms with E-state index < -0.39 is 5.60 Å². The van der Waals surface area contributed by atoms with Crippen molar-refractivity contribution in [3.05, 3.63) is 32.1 Å². The first-order valence-corrected chi connectivity index (χ1v) is 4.77. The molecule has 0 bridgehead atoms. The van der Waals surface area contributed by atoms with Crippen molar-refractivity contribution in [3.63, 3.8) is 0 Å². The highest BCUT2D eigenvalue weighted by molar-refractivity contribution is 5.36. The minimum atomic E-state index is -0.489. The van der Waals surface area contributed by atoms with Crippen molar-refractivity contribution in [1.82, 2.24) is 9.13 Å². The fraction of sp³-hybridized carbons (Fsp3) is 0.600. The lowest BCUT2D eigenvalue weighted by Gasteiger charge is -2.40. The first-order valence-electron chi connectivity index (χ1n) is 4.77. The standard InChI is InChI=1S/C10H14N2O3/c1-10(15-4)5-6-7(10)11(2)9(14)12(3)8(6)13/h5H2,1-4H3. The highest BCUT2D eigenvalue weighted by Crippen LogP contribution is 2.38. The maximum atomic E-state index is 11.7. The first-order chi connectivity index (χ1) is 6.92. The summed E-state index contributed by atoms with van der Waals surface area (Å²) < 4.78 is 7.95. The van der Waals surface area contributed by atoms with E-state index in [0.29, 0.717) is 17.7 Å². The van der Waals surface area contributed by atoms with Crippen LogP contribution in [0.1, 0.15) is 18.2 Å². The Bertz CT molecular complexity index is 510. The average Bonchev–Trinajstić information content (AvgIpc) is 2.20. The van der Waals surface area contributed by atoms with E-state index >= 15 is 0 Å². The normalized spacial score (nSPS) is 23.5. The molecular formula is C10H14N2O3. The quantitative estimate of drug-likeness (QED) is 0.628. The summed E-state index contributed by atoms with van der Waals surface area (Å²) in [4.78, 5) is 23.4. The van der Waals surface area contributed by atoms with Crippen LogP contribution in [0.2, 0.25) is 0 Å². The minimum Gasteiger partial charge on any atom is -0.372 e. The largest absolute Gasteiger partial charge is 0.372 e. The summed E-state index contributed by atoms with van der Waals surface area (Å²) in [6.07, 6.45) is 0.569. The van der Waals surface area contributed by atoms with Crippen LogP contribution < -0.4 is 11.2 Å². The van der Waals surface area contributed by atoms with Gasteiger partial charge in [-0.25, -0.2) is 4.79 Å². The van der Waals surface area contributed by atoms with Crippen LogP contribution in [0.5, 0.6) is 0 Å². The molecule has 0 radical (unpaired) electrons. The highest BCUT2D eigenvalue weighted by atomic mass is 16.5. The van der Waals surface area contributed by atoms with Gasteiger partial charge in [0, 0.05) is 33.2 Å². The lowest BCUT2D eigenvalue weighted by molar-refractivity contribution is -0.0280. The molecule has 1 aromatic heterocycles. The fourth-order valence-corrected chi connectivity index (χ4v) is 2.23. The predicted molar refractivity (Wildman–Crippen MR) is 55.0 cm³/mol. The van der Waals surface area contributed by atoms with Crippen LogP contribution >= 0.6 is 0 Å². The Kier molecular flexibility index (Phi) is 1.91. The molecule has 15 heavy (non-hydrogen) atoms. The minimum absolute atomic E-state index is 0.206. The van der Waals surface area contributed by atoms with Crippen molar-refractivity contribution in [2.45, 2.75) is 18.9 Å². The summed E-state index contributed by atoms with van der Waals surface area (Å²) in [5.41, 5.74) is 0.392. The van der Waals surface area contributed by atoms with E-state index in [1.165, 1.54) is 11.6 Å². The number of nitrogens with zero attached hydrogens (tertiary/aromatic N) is 2. The number of ether oxygens (including phenoxy) is 1. The van der Waals surface area contributed by atoms with Crippen molar-refractivity contribution < 1.29 is 4.74 Å². The van der Waals surface area contributed by atoms with E-state index in [2.05, 4.69) is 0 Å². The van der Waals surface area contributed by atoms with Crippen molar-refractivity contribution in [3.8, 4) is 0 Å². The zero-order chi connectivity index (χ0) is 11.4. The van der Waals surface area contributed by atoms with Crippen LogP contribution in [0.3, 0.4) is 0 Å². The number of fused-ring (bicyclic) bond motifs is 1. The predicted octanol–water partition coefficient (Wildman–Crippen LogP) is -0.498. The molecule has 2 rings (SSSR count). The molecule has 0 aliphatic heterocycles. The SMILES string of the molecule is COC1(C)Cc2c1n(C)c(=O)n(C)c2=O.